The minimum absolute atomic E-state index is 0.0666. The molecule has 0 bridgehead atoms. The van der Waals surface area contributed by atoms with Crippen molar-refractivity contribution in [3.8, 4) is 0 Å². The summed E-state index contributed by atoms with van der Waals surface area (Å²) in [6.07, 6.45) is 0. The quantitative estimate of drug-likeness (QED) is 0.571. The summed E-state index contributed by atoms with van der Waals surface area (Å²) in [6, 6.07) is 5.99. The zero-order valence-electron chi connectivity index (χ0n) is 7.93. The van der Waals surface area contributed by atoms with E-state index >= 15 is 0 Å². The first-order valence-corrected chi connectivity index (χ1v) is 5.15. The number of rotatable bonds is 1. The third-order valence-corrected chi connectivity index (χ3v) is 2.19. The topological polar surface area (TPSA) is 58.7 Å². The van der Waals surface area contributed by atoms with Crippen LogP contribution >= 0.6 is 0 Å². The number of hydrogen-bond acceptors (Lipinski definition) is 2. The molecular formula is C9H11NO3S. The molecule has 4 nitrogen and oxygen atoms in total. The number of benzene rings is 1. The van der Waals surface area contributed by atoms with Gasteiger partial charge in [-0.05, 0) is 19.1 Å². The summed E-state index contributed by atoms with van der Waals surface area (Å²) in [5.41, 5.74) is 0.956. The molecule has 0 heterocycles. The smallest absolute Gasteiger partial charge is 0.294 e. The third-order valence-electron chi connectivity index (χ3n) is 1.32. The normalized spacial score (nSPS) is 9.57. The van der Waals surface area contributed by atoms with Crippen molar-refractivity contribution in [1.29, 1.82) is 0 Å². The molecule has 1 N–H and O–H groups in total. The lowest BCUT2D eigenvalue weighted by Gasteiger charge is -1.95. The van der Waals surface area contributed by atoms with Crippen molar-refractivity contribution in [2.75, 3.05) is 7.05 Å². The summed E-state index contributed by atoms with van der Waals surface area (Å²) >= 11 is 0. The Hall–Kier alpha value is -1.38. The summed E-state index contributed by atoms with van der Waals surface area (Å²) in [5, 5.41) is 0. The predicted octanol–water partition coefficient (Wildman–Crippen LogP) is 1.78. The van der Waals surface area contributed by atoms with Gasteiger partial charge in [0.2, 0.25) is 7.05 Å². The minimum atomic E-state index is -4.02. The van der Waals surface area contributed by atoms with Crippen LogP contribution in [-0.2, 0) is 10.1 Å². The Morgan fingerprint density at radius 3 is 1.93 bits per heavy atom. The van der Waals surface area contributed by atoms with Crippen molar-refractivity contribution in [3.05, 3.63) is 41.2 Å². The summed E-state index contributed by atoms with van der Waals surface area (Å²) < 4.78 is 29.6. The second kappa shape index (κ2) is 5.37. The Morgan fingerprint density at radius 1 is 1.29 bits per heavy atom. The Morgan fingerprint density at radius 2 is 1.64 bits per heavy atom. The largest absolute Gasteiger partial charge is 0.320 e. The molecule has 0 atom stereocenters. The van der Waals surface area contributed by atoms with E-state index in [4.69, 9.17) is 11.1 Å². The van der Waals surface area contributed by atoms with E-state index in [1.54, 1.807) is 12.1 Å². The molecule has 0 radical (unpaired) electrons. The van der Waals surface area contributed by atoms with E-state index in [0.717, 1.165) is 5.56 Å². The summed E-state index contributed by atoms with van der Waals surface area (Å²) in [4.78, 5) is 2.68. The van der Waals surface area contributed by atoms with Gasteiger partial charge < -0.3 is 4.85 Å². The molecule has 0 aliphatic heterocycles. The molecule has 0 aliphatic carbocycles. The molecule has 0 unspecified atom stereocenters. The zero-order chi connectivity index (χ0) is 11.2. The van der Waals surface area contributed by atoms with E-state index < -0.39 is 10.1 Å². The first-order chi connectivity index (χ1) is 6.41. The Balaban J connectivity index is 0.000000500. The maximum absolute atomic E-state index is 10.5. The Labute approximate surface area is 83.8 Å². The lowest BCUT2D eigenvalue weighted by Crippen LogP contribution is -1.96. The maximum Gasteiger partial charge on any atom is 0.294 e. The van der Waals surface area contributed by atoms with Crippen molar-refractivity contribution < 1.29 is 13.0 Å². The van der Waals surface area contributed by atoms with E-state index in [1.165, 1.54) is 19.2 Å². The second-order valence-electron chi connectivity index (χ2n) is 2.51. The highest BCUT2D eigenvalue weighted by molar-refractivity contribution is 7.85. The molecule has 0 spiro atoms. The molecule has 0 saturated heterocycles. The molecule has 0 aliphatic rings. The van der Waals surface area contributed by atoms with Crippen molar-refractivity contribution in [3.63, 3.8) is 0 Å². The highest BCUT2D eigenvalue weighted by Gasteiger charge is 2.06. The van der Waals surface area contributed by atoms with Gasteiger partial charge in [0.25, 0.3) is 10.1 Å². The molecule has 0 aromatic heterocycles. The molecule has 1 aromatic rings. The average Bonchev–Trinajstić information content (AvgIpc) is 2.04. The highest BCUT2D eigenvalue weighted by atomic mass is 32.2. The number of hydrogen-bond donors (Lipinski definition) is 1. The fourth-order valence-corrected chi connectivity index (χ4v) is 1.19. The lowest BCUT2D eigenvalue weighted by molar-refractivity contribution is 0.483. The van der Waals surface area contributed by atoms with E-state index in [-0.39, 0.29) is 4.90 Å². The van der Waals surface area contributed by atoms with Crippen LogP contribution in [0.1, 0.15) is 5.56 Å². The third kappa shape index (κ3) is 4.60. The Kier molecular flexibility index (Phi) is 4.84. The van der Waals surface area contributed by atoms with Crippen LogP contribution in [0.5, 0.6) is 0 Å². The van der Waals surface area contributed by atoms with Crippen molar-refractivity contribution in [2.24, 2.45) is 0 Å². The highest BCUT2D eigenvalue weighted by Crippen LogP contribution is 2.08. The summed E-state index contributed by atoms with van der Waals surface area (Å²) in [7, 11) is -2.60. The van der Waals surface area contributed by atoms with E-state index in [2.05, 4.69) is 4.85 Å². The zero-order valence-corrected chi connectivity index (χ0v) is 8.75. The van der Waals surface area contributed by atoms with Gasteiger partial charge in [-0.1, -0.05) is 17.7 Å². The van der Waals surface area contributed by atoms with Crippen LogP contribution < -0.4 is 0 Å². The SMILES string of the molecule is Cc1ccc(S(=O)(=O)O)cc1.[C-]#[N+]C. The van der Waals surface area contributed by atoms with Crippen LogP contribution in [-0.4, -0.2) is 20.0 Å². The first kappa shape index (κ1) is 12.6. The van der Waals surface area contributed by atoms with Gasteiger partial charge in [0.05, 0.1) is 4.90 Å². The van der Waals surface area contributed by atoms with Crippen LogP contribution in [0.2, 0.25) is 0 Å². The molecule has 1 aromatic carbocycles. The van der Waals surface area contributed by atoms with Gasteiger partial charge >= 0.3 is 0 Å². The lowest BCUT2D eigenvalue weighted by atomic mass is 10.2. The van der Waals surface area contributed by atoms with Crippen LogP contribution in [0.3, 0.4) is 0 Å². The van der Waals surface area contributed by atoms with Crippen molar-refractivity contribution in [2.45, 2.75) is 11.8 Å². The molecule has 0 amide bonds. The summed E-state index contributed by atoms with van der Waals surface area (Å²) in [6.45, 7) is 7.67. The molecular weight excluding hydrogens is 202 g/mol. The predicted molar refractivity (Wildman–Crippen MR) is 53.5 cm³/mol. The maximum atomic E-state index is 10.5. The van der Waals surface area contributed by atoms with E-state index in [0.29, 0.717) is 0 Å². The van der Waals surface area contributed by atoms with Crippen molar-refractivity contribution in [1.82, 2.24) is 0 Å². The van der Waals surface area contributed by atoms with Gasteiger partial charge in [0.15, 0.2) is 0 Å². The Bertz CT molecular complexity index is 414. The van der Waals surface area contributed by atoms with Crippen LogP contribution in [0.25, 0.3) is 4.85 Å². The fourth-order valence-electron chi connectivity index (χ4n) is 0.710. The second-order valence-corrected chi connectivity index (χ2v) is 3.93. The van der Waals surface area contributed by atoms with Gasteiger partial charge in [0.1, 0.15) is 0 Å². The van der Waals surface area contributed by atoms with Gasteiger partial charge in [-0.2, -0.15) is 8.42 Å². The molecule has 14 heavy (non-hydrogen) atoms. The molecule has 5 heteroatoms. The van der Waals surface area contributed by atoms with Crippen LogP contribution in [0.15, 0.2) is 29.2 Å². The first-order valence-electron chi connectivity index (χ1n) is 3.71. The molecule has 1 rings (SSSR count). The number of nitrogens with zero attached hydrogens (tertiary/aromatic N) is 1. The van der Waals surface area contributed by atoms with Gasteiger partial charge in [-0.15, -0.1) is 0 Å². The van der Waals surface area contributed by atoms with Gasteiger partial charge in [-0.3, -0.25) is 4.55 Å². The fraction of sp³-hybridized carbons (Fsp3) is 0.222. The van der Waals surface area contributed by atoms with Crippen LogP contribution in [0, 0.1) is 13.5 Å². The average molecular weight is 213 g/mol. The monoisotopic (exact) mass is 213 g/mol. The van der Waals surface area contributed by atoms with Gasteiger partial charge in [-0.25, -0.2) is 6.57 Å². The summed E-state index contributed by atoms with van der Waals surface area (Å²) in [5.74, 6) is 0. The van der Waals surface area contributed by atoms with E-state index in [1.807, 2.05) is 6.92 Å². The molecule has 0 fully saturated rings. The van der Waals surface area contributed by atoms with Crippen molar-refractivity contribution >= 4 is 10.1 Å². The van der Waals surface area contributed by atoms with E-state index in [9.17, 15) is 8.42 Å². The van der Waals surface area contributed by atoms with Gasteiger partial charge in [0, 0.05) is 0 Å². The minimum Gasteiger partial charge on any atom is -0.320 e. The number of aryl methyl sites for hydroxylation is 1. The molecule has 0 saturated carbocycles. The standard InChI is InChI=1S/C7H8O3S.C2H3N/c1-6-2-4-7(5-3-6)11(8,9)10;1-3-2/h2-5H,1H3,(H,8,9,10);1H3. The van der Waals surface area contributed by atoms with Crippen LogP contribution in [0.4, 0.5) is 0 Å². The molecule has 76 valence electrons.